The fourth-order valence-electron chi connectivity index (χ4n) is 0.0386. The molecular formula is C5H7FO. The molecule has 0 saturated heterocycles. The molecule has 0 rings (SSSR count). The molecule has 0 aliphatic rings. The molecule has 0 aliphatic heterocycles. The van der Waals surface area contributed by atoms with Crippen molar-refractivity contribution in [1.29, 1.82) is 0 Å². The van der Waals surface area contributed by atoms with Crippen LogP contribution in [0.5, 0.6) is 0 Å². The SMILES string of the molecule is C#CC(C)(O)CF. The highest BCUT2D eigenvalue weighted by Gasteiger charge is 2.13. The van der Waals surface area contributed by atoms with Crippen LogP contribution in [0.4, 0.5) is 4.39 Å². The Labute approximate surface area is 42.2 Å². The van der Waals surface area contributed by atoms with Gasteiger partial charge >= 0.3 is 0 Å². The molecule has 1 N–H and O–H groups in total. The van der Waals surface area contributed by atoms with Gasteiger partial charge in [-0.15, -0.1) is 6.42 Å². The van der Waals surface area contributed by atoms with Crippen molar-refractivity contribution in [2.24, 2.45) is 0 Å². The minimum Gasteiger partial charge on any atom is -0.375 e. The molecule has 0 fully saturated rings. The van der Waals surface area contributed by atoms with E-state index >= 15 is 0 Å². The molecule has 0 saturated carbocycles. The second kappa shape index (κ2) is 1.94. The van der Waals surface area contributed by atoms with Crippen LogP contribution in [-0.4, -0.2) is 17.4 Å². The first-order chi connectivity index (χ1) is 3.12. The molecule has 0 bridgehead atoms. The molecule has 1 atom stereocenters. The minimum absolute atomic E-state index is 0.885. The lowest BCUT2D eigenvalue weighted by molar-refractivity contribution is 0.0907. The highest BCUT2D eigenvalue weighted by atomic mass is 19.1. The topological polar surface area (TPSA) is 20.2 Å². The summed E-state index contributed by atoms with van der Waals surface area (Å²) in [6.45, 7) is 0.358. The first-order valence-corrected chi connectivity index (χ1v) is 1.88. The third-order valence-corrected chi connectivity index (χ3v) is 0.571. The van der Waals surface area contributed by atoms with E-state index in [-0.39, 0.29) is 0 Å². The first kappa shape index (κ1) is 6.45. The van der Waals surface area contributed by atoms with Gasteiger partial charge in [-0.1, -0.05) is 5.92 Å². The van der Waals surface area contributed by atoms with Crippen LogP contribution in [0.2, 0.25) is 0 Å². The smallest absolute Gasteiger partial charge is 0.150 e. The van der Waals surface area contributed by atoms with E-state index in [4.69, 9.17) is 5.11 Å². The maximum absolute atomic E-state index is 11.4. The van der Waals surface area contributed by atoms with E-state index in [1.54, 1.807) is 0 Å². The summed E-state index contributed by atoms with van der Waals surface area (Å²) in [7, 11) is 0. The number of alkyl halides is 1. The summed E-state index contributed by atoms with van der Waals surface area (Å²) in [4.78, 5) is 0. The summed E-state index contributed by atoms with van der Waals surface area (Å²) >= 11 is 0. The lowest BCUT2D eigenvalue weighted by Gasteiger charge is -2.07. The van der Waals surface area contributed by atoms with E-state index in [2.05, 4.69) is 6.42 Å². The number of rotatable bonds is 1. The van der Waals surface area contributed by atoms with Crippen molar-refractivity contribution in [3.63, 3.8) is 0 Å². The van der Waals surface area contributed by atoms with Crippen molar-refractivity contribution >= 4 is 0 Å². The molecule has 2 heteroatoms. The molecule has 7 heavy (non-hydrogen) atoms. The molecule has 40 valence electrons. The number of terminal acetylenes is 1. The van der Waals surface area contributed by atoms with Crippen molar-refractivity contribution < 1.29 is 9.50 Å². The van der Waals surface area contributed by atoms with Crippen LogP contribution in [0.15, 0.2) is 0 Å². The summed E-state index contributed by atoms with van der Waals surface area (Å²) in [6, 6.07) is 0. The summed E-state index contributed by atoms with van der Waals surface area (Å²) in [5.41, 5.74) is -1.56. The predicted molar refractivity (Wildman–Crippen MR) is 25.4 cm³/mol. The zero-order chi connectivity index (χ0) is 5.91. The molecule has 0 aromatic carbocycles. The van der Waals surface area contributed by atoms with Gasteiger partial charge in [0.15, 0.2) is 5.60 Å². The monoisotopic (exact) mass is 102 g/mol. The molecule has 0 aliphatic carbocycles. The molecule has 0 aromatic rings. The van der Waals surface area contributed by atoms with Crippen molar-refractivity contribution in [3.05, 3.63) is 0 Å². The van der Waals surface area contributed by atoms with Gasteiger partial charge in [0.25, 0.3) is 0 Å². The van der Waals surface area contributed by atoms with E-state index in [0.717, 1.165) is 0 Å². The van der Waals surface area contributed by atoms with Gasteiger partial charge in [0.2, 0.25) is 0 Å². The van der Waals surface area contributed by atoms with Crippen LogP contribution >= 0.6 is 0 Å². The average molecular weight is 102 g/mol. The van der Waals surface area contributed by atoms with Crippen molar-refractivity contribution in [2.75, 3.05) is 6.67 Å². The molecule has 1 unspecified atom stereocenters. The van der Waals surface area contributed by atoms with Crippen molar-refractivity contribution in [1.82, 2.24) is 0 Å². The first-order valence-electron chi connectivity index (χ1n) is 1.88. The normalized spacial score (nSPS) is 17.4. The van der Waals surface area contributed by atoms with Crippen LogP contribution in [0.1, 0.15) is 6.92 Å². The molecule has 0 spiro atoms. The third-order valence-electron chi connectivity index (χ3n) is 0.571. The second-order valence-electron chi connectivity index (χ2n) is 1.55. The number of hydrogen-bond acceptors (Lipinski definition) is 1. The lowest BCUT2D eigenvalue weighted by atomic mass is 10.1. The minimum atomic E-state index is -1.56. The van der Waals surface area contributed by atoms with E-state index in [1.807, 2.05) is 5.92 Å². The average Bonchev–Trinajstić information content (AvgIpc) is 1.68. The van der Waals surface area contributed by atoms with Gasteiger partial charge in [-0.25, -0.2) is 4.39 Å². The summed E-state index contributed by atoms with van der Waals surface area (Å²) in [6.07, 6.45) is 4.68. The Balaban J connectivity index is 3.66. The summed E-state index contributed by atoms with van der Waals surface area (Å²) < 4.78 is 11.4. The van der Waals surface area contributed by atoms with Crippen molar-refractivity contribution in [2.45, 2.75) is 12.5 Å². The van der Waals surface area contributed by atoms with Gasteiger partial charge in [-0.3, -0.25) is 0 Å². The van der Waals surface area contributed by atoms with Crippen LogP contribution in [0, 0.1) is 12.3 Å². The fourth-order valence-corrected chi connectivity index (χ4v) is 0.0386. The standard InChI is InChI=1S/C5H7FO/c1-3-5(2,7)4-6/h1,7H,4H2,2H3. The van der Waals surface area contributed by atoms with E-state index in [9.17, 15) is 4.39 Å². The van der Waals surface area contributed by atoms with Gasteiger partial charge in [-0.05, 0) is 6.92 Å². The fraction of sp³-hybridized carbons (Fsp3) is 0.600. The Morgan fingerprint density at radius 2 is 2.43 bits per heavy atom. The quantitative estimate of drug-likeness (QED) is 0.473. The predicted octanol–water partition coefficient (Wildman–Crippen LogP) is 0.340. The summed E-state index contributed by atoms with van der Waals surface area (Å²) in [5.74, 6) is 1.87. The molecular weight excluding hydrogens is 95.1 g/mol. The van der Waals surface area contributed by atoms with Gasteiger partial charge in [-0.2, -0.15) is 0 Å². The van der Waals surface area contributed by atoms with Gasteiger partial charge in [0.05, 0.1) is 0 Å². The third kappa shape index (κ3) is 2.18. The molecule has 1 nitrogen and oxygen atoms in total. The van der Waals surface area contributed by atoms with Gasteiger partial charge < -0.3 is 5.11 Å². The van der Waals surface area contributed by atoms with Gasteiger partial charge in [0.1, 0.15) is 6.67 Å². The Morgan fingerprint density at radius 3 is 2.43 bits per heavy atom. The van der Waals surface area contributed by atoms with E-state index in [0.29, 0.717) is 0 Å². The Kier molecular flexibility index (Phi) is 1.79. The van der Waals surface area contributed by atoms with E-state index in [1.165, 1.54) is 6.92 Å². The van der Waals surface area contributed by atoms with E-state index < -0.39 is 12.3 Å². The Hall–Kier alpha value is -0.550. The van der Waals surface area contributed by atoms with Crippen LogP contribution in [0.25, 0.3) is 0 Å². The van der Waals surface area contributed by atoms with Crippen LogP contribution in [0.3, 0.4) is 0 Å². The molecule has 0 aromatic heterocycles. The maximum atomic E-state index is 11.4. The number of hydrogen-bond donors (Lipinski definition) is 1. The van der Waals surface area contributed by atoms with Crippen LogP contribution in [-0.2, 0) is 0 Å². The molecule has 0 amide bonds. The zero-order valence-electron chi connectivity index (χ0n) is 4.11. The number of aliphatic hydroxyl groups is 1. The Bertz CT molecular complexity index is 90.7. The molecule has 0 heterocycles. The maximum Gasteiger partial charge on any atom is 0.150 e. The lowest BCUT2D eigenvalue weighted by Crippen LogP contribution is -2.23. The van der Waals surface area contributed by atoms with Gasteiger partial charge in [0, 0.05) is 0 Å². The largest absolute Gasteiger partial charge is 0.375 e. The zero-order valence-corrected chi connectivity index (χ0v) is 4.11. The highest BCUT2D eigenvalue weighted by molar-refractivity contribution is 5.03. The number of halogens is 1. The summed E-state index contributed by atoms with van der Waals surface area (Å²) in [5, 5.41) is 8.52. The highest BCUT2D eigenvalue weighted by Crippen LogP contribution is 1.98. The second-order valence-corrected chi connectivity index (χ2v) is 1.55. The molecule has 0 radical (unpaired) electrons. The Morgan fingerprint density at radius 1 is 2.00 bits per heavy atom. The van der Waals surface area contributed by atoms with Crippen LogP contribution < -0.4 is 0 Å². The van der Waals surface area contributed by atoms with Crippen molar-refractivity contribution in [3.8, 4) is 12.3 Å².